The van der Waals surface area contributed by atoms with Crippen LogP contribution in [0.4, 0.5) is 24.5 Å². The SMILES string of the molecule is CN(C)c1ccc(NC(=O)CCNC(=O)c2ccsc2)c(C(F)(F)F)c1. The van der Waals surface area contributed by atoms with E-state index in [0.717, 1.165) is 6.07 Å². The summed E-state index contributed by atoms with van der Waals surface area (Å²) in [6.45, 7) is 0.0254. The van der Waals surface area contributed by atoms with Crippen LogP contribution in [0.25, 0.3) is 0 Å². The van der Waals surface area contributed by atoms with Crippen LogP contribution in [0, 0.1) is 0 Å². The number of carbonyl (C=O) groups is 2. The van der Waals surface area contributed by atoms with Crippen molar-refractivity contribution in [1.82, 2.24) is 5.32 Å². The normalized spacial score (nSPS) is 11.1. The van der Waals surface area contributed by atoms with Crippen LogP contribution in [0.15, 0.2) is 35.0 Å². The minimum absolute atomic E-state index is 0.0254. The monoisotopic (exact) mass is 385 g/mol. The van der Waals surface area contributed by atoms with Gasteiger partial charge in [-0.05, 0) is 29.6 Å². The Labute approximate surface area is 152 Å². The van der Waals surface area contributed by atoms with Crippen LogP contribution in [0.5, 0.6) is 0 Å². The summed E-state index contributed by atoms with van der Waals surface area (Å²) in [6.07, 6.45) is -4.73. The van der Waals surface area contributed by atoms with Gasteiger partial charge in [-0.25, -0.2) is 0 Å². The second-order valence-corrected chi connectivity index (χ2v) is 6.47. The van der Waals surface area contributed by atoms with E-state index in [-0.39, 0.29) is 24.6 Å². The fraction of sp³-hybridized carbons (Fsp3) is 0.294. The summed E-state index contributed by atoms with van der Waals surface area (Å²) in [6, 6.07) is 5.33. The average Bonchev–Trinajstić information content (AvgIpc) is 3.08. The highest BCUT2D eigenvalue weighted by molar-refractivity contribution is 7.08. The molecule has 140 valence electrons. The van der Waals surface area contributed by atoms with E-state index in [1.165, 1.54) is 23.5 Å². The number of carbonyl (C=O) groups excluding carboxylic acids is 2. The van der Waals surface area contributed by atoms with Crippen molar-refractivity contribution < 1.29 is 22.8 Å². The molecule has 0 bridgehead atoms. The molecule has 2 rings (SSSR count). The molecule has 0 aliphatic carbocycles. The summed E-state index contributed by atoms with van der Waals surface area (Å²) >= 11 is 1.37. The molecule has 5 nitrogen and oxygen atoms in total. The Morgan fingerprint density at radius 3 is 2.50 bits per heavy atom. The van der Waals surface area contributed by atoms with Gasteiger partial charge in [-0.2, -0.15) is 24.5 Å². The quantitative estimate of drug-likeness (QED) is 0.799. The predicted molar refractivity (Wildman–Crippen MR) is 95.7 cm³/mol. The maximum atomic E-state index is 13.2. The fourth-order valence-corrected chi connectivity index (χ4v) is 2.79. The lowest BCUT2D eigenvalue weighted by Gasteiger charge is -2.18. The Morgan fingerprint density at radius 2 is 1.92 bits per heavy atom. The molecule has 0 saturated heterocycles. The van der Waals surface area contributed by atoms with Gasteiger partial charge in [-0.1, -0.05) is 0 Å². The summed E-state index contributed by atoms with van der Waals surface area (Å²) in [5.74, 6) is -0.941. The van der Waals surface area contributed by atoms with Crippen LogP contribution in [-0.2, 0) is 11.0 Å². The summed E-state index contributed by atoms with van der Waals surface area (Å²) in [5, 5.41) is 8.23. The molecular formula is C17H18F3N3O2S. The maximum absolute atomic E-state index is 13.2. The zero-order valence-electron chi connectivity index (χ0n) is 14.2. The lowest BCUT2D eigenvalue weighted by Crippen LogP contribution is -2.27. The van der Waals surface area contributed by atoms with Gasteiger partial charge in [0.05, 0.1) is 11.3 Å². The zero-order valence-corrected chi connectivity index (χ0v) is 15.0. The van der Waals surface area contributed by atoms with Crippen molar-refractivity contribution in [2.45, 2.75) is 12.6 Å². The largest absolute Gasteiger partial charge is 0.418 e. The molecule has 1 aromatic heterocycles. The highest BCUT2D eigenvalue weighted by atomic mass is 32.1. The van der Waals surface area contributed by atoms with Gasteiger partial charge in [0, 0.05) is 43.7 Å². The van der Waals surface area contributed by atoms with Gasteiger partial charge in [0.2, 0.25) is 5.91 Å². The van der Waals surface area contributed by atoms with Crippen LogP contribution >= 0.6 is 11.3 Å². The molecule has 0 saturated carbocycles. The lowest BCUT2D eigenvalue weighted by molar-refractivity contribution is -0.136. The molecule has 0 unspecified atom stereocenters. The van der Waals surface area contributed by atoms with Gasteiger partial charge in [0.15, 0.2) is 0 Å². The van der Waals surface area contributed by atoms with Crippen molar-refractivity contribution in [3.8, 4) is 0 Å². The van der Waals surface area contributed by atoms with Gasteiger partial charge in [-0.15, -0.1) is 0 Å². The van der Waals surface area contributed by atoms with Crippen LogP contribution < -0.4 is 15.5 Å². The number of hydrogen-bond acceptors (Lipinski definition) is 4. The number of rotatable bonds is 6. The zero-order chi connectivity index (χ0) is 19.3. The van der Waals surface area contributed by atoms with Crippen molar-refractivity contribution in [3.63, 3.8) is 0 Å². The first kappa shape index (κ1) is 19.8. The summed E-state index contributed by atoms with van der Waals surface area (Å²) in [7, 11) is 3.26. The molecule has 2 aromatic rings. The van der Waals surface area contributed by atoms with Crippen LogP contribution in [-0.4, -0.2) is 32.5 Å². The van der Waals surface area contributed by atoms with Gasteiger partial charge in [0.25, 0.3) is 5.91 Å². The number of nitrogens with zero attached hydrogens (tertiary/aromatic N) is 1. The number of nitrogens with one attached hydrogen (secondary N) is 2. The Bertz CT molecular complexity index is 774. The Balaban J connectivity index is 1.98. The standard InChI is InChI=1S/C17H18F3N3O2S/c1-23(2)12-3-4-14(13(9-12)17(18,19)20)22-15(24)5-7-21-16(25)11-6-8-26-10-11/h3-4,6,8-10H,5,7H2,1-2H3,(H,21,25)(H,22,24). The average molecular weight is 385 g/mol. The van der Waals surface area contributed by atoms with E-state index in [1.807, 2.05) is 0 Å². The summed E-state index contributed by atoms with van der Waals surface area (Å²) < 4.78 is 39.7. The molecule has 26 heavy (non-hydrogen) atoms. The number of benzene rings is 1. The topological polar surface area (TPSA) is 61.4 Å². The van der Waals surface area contributed by atoms with Crippen molar-refractivity contribution >= 4 is 34.5 Å². The predicted octanol–water partition coefficient (Wildman–Crippen LogP) is 3.59. The Hall–Kier alpha value is -2.55. The molecule has 0 radical (unpaired) electrons. The molecule has 2 amide bonds. The number of anilines is 2. The third-order valence-electron chi connectivity index (χ3n) is 3.52. The molecule has 1 heterocycles. The molecule has 0 aliphatic heterocycles. The molecule has 1 aromatic carbocycles. The highest BCUT2D eigenvalue weighted by Crippen LogP contribution is 2.37. The van der Waals surface area contributed by atoms with Crippen LogP contribution in [0.3, 0.4) is 0 Å². The van der Waals surface area contributed by atoms with E-state index >= 15 is 0 Å². The molecule has 0 atom stereocenters. The second kappa shape index (κ2) is 8.22. The van der Waals surface area contributed by atoms with Crippen LogP contribution in [0.2, 0.25) is 0 Å². The van der Waals surface area contributed by atoms with Gasteiger partial charge in [0.1, 0.15) is 0 Å². The van der Waals surface area contributed by atoms with Crippen molar-refractivity contribution in [3.05, 3.63) is 46.2 Å². The van der Waals surface area contributed by atoms with Crippen LogP contribution in [0.1, 0.15) is 22.3 Å². The molecular weight excluding hydrogens is 367 g/mol. The van der Waals surface area contributed by atoms with E-state index in [9.17, 15) is 22.8 Å². The second-order valence-electron chi connectivity index (χ2n) is 5.69. The van der Waals surface area contributed by atoms with Crippen molar-refractivity contribution in [2.24, 2.45) is 0 Å². The molecule has 9 heteroatoms. The van der Waals surface area contributed by atoms with E-state index in [0.29, 0.717) is 11.3 Å². The third kappa shape index (κ3) is 5.22. The van der Waals surface area contributed by atoms with Gasteiger partial charge in [-0.3, -0.25) is 9.59 Å². The minimum Gasteiger partial charge on any atom is -0.378 e. The first-order valence-electron chi connectivity index (χ1n) is 7.67. The summed E-state index contributed by atoms with van der Waals surface area (Å²) in [4.78, 5) is 25.2. The van der Waals surface area contributed by atoms with E-state index in [2.05, 4.69) is 10.6 Å². The molecule has 0 aliphatic rings. The van der Waals surface area contributed by atoms with Gasteiger partial charge >= 0.3 is 6.18 Å². The highest BCUT2D eigenvalue weighted by Gasteiger charge is 2.34. The first-order chi connectivity index (χ1) is 12.2. The fourth-order valence-electron chi connectivity index (χ4n) is 2.15. The first-order valence-corrected chi connectivity index (χ1v) is 8.61. The third-order valence-corrected chi connectivity index (χ3v) is 4.20. The summed E-state index contributed by atoms with van der Waals surface area (Å²) in [5.41, 5.74) is -0.371. The van der Waals surface area contributed by atoms with E-state index in [1.54, 1.807) is 35.8 Å². The lowest BCUT2D eigenvalue weighted by atomic mass is 10.1. The number of thiophene rings is 1. The molecule has 2 N–H and O–H groups in total. The maximum Gasteiger partial charge on any atom is 0.418 e. The van der Waals surface area contributed by atoms with Gasteiger partial charge < -0.3 is 15.5 Å². The number of hydrogen-bond donors (Lipinski definition) is 2. The number of amides is 2. The molecule has 0 fully saturated rings. The number of alkyl halides is 3. The Morgan fingerprint density at radius 1 is 1.19 bits per heavy atom. The van der Waals surface area contributed by atoms with Crippen molar-refractivity contribution in [1.29, 1.82) is 0 Å². The minimum atomic E-state index is -4.60. The van der Waals surface area contributed by atoms with E-state index in [4.69, 9.17) is 0 Å². The smallest absolute Gasteiger partial charge is 0.378 e. The van der Waals surface area contributed by atoms with Crippen molar-refractivity contribution in [2.75, 3.05) is 30.9 Å². The van der Waals surface area contributed by atoms with E-state index < -0.39 is 17.6 Å². The molecule has 0 spiro atoms. The number of halogens is 3. The Kier molecular flexibility index (Phi) is 6.25.